The lowest BCUT2D eigenvalue weighted by atomic mass is 10.2. The monoisotopic (exact) mass is 220 g/mol. The molecule has 0 atom stereocenters. The fourth-order valence-corrected chi connectivity index (χ4v) is 1.57. The Labute approximate surface area is 92.4 Å². The number of hydrogen-bond acceptors (Lipinski definition) is 3. The van der Waals surface area contributed by atoms with Crippen LogP contribution in [0.15, 0.2) is 28.7 Å². The van der Waals surface area contributed by atoms with Crippen molar-refractivity contribution >= 4 is 16.9 Å². The molecule has 0 aliphatic rings. The Morgan fingerprint density at radius 2 is 2.25 bits per heavy atom. The van der Waals surface area contributed by atoms with Crippen LogP contribution in [0.4, 0.5) is 0 Å². The highest BCUT2D eigenvalue weighted by Gasteiger charge is 2.08. The van der Waals surface area contributed by atoms with Crippen molar-refractivity contribution in [2.45, 2.75) is 13.3 Å². The number of ether oxygens (including phenoxy) is 1. The highest BCUT2D eigenvalue weighted by molar-refractivity contribution is 5.81. The lowest BCUT2D eigenvalue weighted by Gasteiger charge is -2.00. The van der Waals surface area contributed by atoms with Gasteiger partial charge in [-0.05, 0) is 31.2 Å². The lowest BCUT2D eigenvalue weighted by Crippen LogP contribution is -1.97. The topological polar surface area (TPSA) is 59.7 Å². The zero-order valence-electron chi connectivity index (χ0n) is 8.90. The molecule has 4 nitrogen and oxygen atoms in total. The molecule has 0 aliphatic heterocycles. The molecule has 1 aromatic heterocycles. The summed E-state index contributed by atoms with van der Waals surface area (Å²) in [7, 11) is 0. The SMILES string of the molecule is CCOc1ccc2oc(CC(=O)O)cc2c1. The van der Waals surface area contributed by atoms with Gasteiger partial charge in [0, 0.05) is 5.39 Å². The fraction of sp³-hybridized carbons (Fsp3) is 0.250. The molecule has 1 N–H and O–H groups in total. The molecule has 0 spiro atoms. The number of benzene rings is 1. The summed E-state index contributed by atoms with van der Waals surface area (Å²) in [4.78, 5) is 10.5. The van der Waals surface area contributed by atoms with Crippen LogP contribution in [0.5, 0.6) is 5.75 Å². The molecule has 0 unspecified atom stereocenters. The van der Waals surface area contributed by atoms with Gasteiger partial charge in [-0.15, -0.1) is 0 Å². The Morgan fingerprint density at radius 3 is 2.94 bits per heavy atom. The van der Waals surface area contributed by atoms with E-state index in [-0.39, 0.29) is 6.42 Å². The number of rotatable bonds is 4. The second kappa shape index (κ2) is 4.26. The number of carboxylic acid groups (broad SMARTS) is 1. The Morgan fingerprint density at radius 1 is 1.44 bits per heavy atom. The van der Waals surface area contributed by atoms with Crippen LogP contribution < -0.4 is 4.74 Å². The predicted molar refractivity (Wildman–Crippen MR) is 58.7 cm³/mol. The maximum atomic E-state index is 10.5. The van der Waals surface area contributed by atoms with E-state index in [1.165, 1.54) is 0 Å². The zero-order chi connectivity index (χ0) is 11.5. The predicted octanol–water partition coefficient (Wildman–Crippen LogP) is 2.46. The van der Waals surface area contributed by atoms with Crippen molar-refractivity contribution in [3.05, 3.63) is 30.0 Å². The minimum absolute atomic E-state index is 0.0986. The van der Waals surface area contributed by atoms with E-state index >= 15 is 0 Å². The second-order valence-corrected chi connectivity index (χ2v) is 3.42. The lowest BCUT2D eigenvalue weighted by molar-refractivity contribution is -0.136. The van der Waals surface area contributed by atoms with Crippen LogP contribution in [0.25, 0.3) is 11.0 Å². The first-order valence-electron chi connectivity index (χ1n) is 5.06. The summed E-state index contributed by atoms with van der Waals surface area (Å²) in [6.07, 6.45) is -0.0986. The van der Waals surface area contributed by atoms with Crippen LogP contribution >= 0.6 is 0 Å². The smallest absolute Gasteiger partial charge is 0.311 e. The largest absolute Gasteiger partial charge is 0.494 e. The third-order valence-corrected chi connectivity index (χ3v) is 2.18. The average molecular weight is 220 g/mol. The summed E-state index contributed by atoms with van der Waals surface area (Å²) in [5.41, 5.74) is 0.680. The molecule has 0 aliphatic carbocycles. The molecule has 0 saturated heterocycles. The first-order valence-corrected chi connectivity index (χ1v) is 5.06. The second-order valence-electron chi connectivity index (χ2n) is 3.42. The van der Waals surface area contributed by atoms with Crippen LogP contribution in [-0.2, 0) is 11.2 Å². The summed E-state index contributed by atoms with van der Waals surface area (Å²) in [6, 6.07) is 7.16. The van der Waals surface area contributed by atoms with Gasteiger partial charge < -0.3 is 14.3 Å². The summed E-state index contributed by atoms with van der Waals surface area (Å²) < 4.78 is 10.7. The van der Waals surface area contributed by atoms with Crippen LogP contribution in [-0.4, -0.2) is 17.7 Å². The van der Waals surface area contributed by atoms with Gasteiger partial charge in [0.25, 0.3) is 0 Å². The Bertz CT molecular complexity index is 513. The number of aliphatic carboxylic acids is 1. The molecule has 0 amide bonds. The van der Waals surface area contributed by atoms with Crippen molar-refractivity contribution in [2.24, 2.45) is 0 Å². The van der Waals surface area contributed by atoms with E-state index in [9.17, 15) is 4.79 Å². The Hall–Kier alpha value is -1.97. The Balaban J connectivity index is 2.34. The number of carboxylic acids is 1. The van der Waals surface area contributed by atoms with Crippen LogP contribution in [0.2, 0.25) is 0 Å². The molecule has 0 bridgehead atoms. The van der Waals surface area contributed by atoms with E-state index in [0.29, 0.717) is 18.0 Å². The normalized spacial score (nSPS) is 10.6. The van der Waals surface area contributed by atoms with Crippen molar-refractivity contribution < 1.29 is 19.1 Å². The molecule has 16 heavy (non-hydrogen) atoms. The van der Waals surface area contributed by atoms with Crippen LogP contribution in [0.1, 0.15) is 12.7 Å². The minimum atomic E-state index is -0.899. The van der Waals surface area contributed by atoms with E-state index in [2.05, 4.69) is 0 Å². The fourth-order valence-electron chi connectivity index (χ4n) is 1.57. The maximum absolute atomic E-state index is 10.5. The third-order valence-electron chi connectivity index (χ3n) is 2.18. The van der Waals surface area contributed by atoms with Gasteiger partial charge in [-0.1, -0.05) is 0 Å². The van der Waals surface area contributed by atoms with E-state index in [1.807, 2.05) is 13.0 Å². The summed E-state index contributed by atoms with van der Waals surface area (Å²) >= 11 is 0. The van der Waals surface area contributed by atoms with Crippen LogP contribution in [0.3, 0.4) is 0 Å². The molecular formula is C12H12O4. The molecular weight excluding hydrogens is 208 g/mol. The van der Waals surface area contributed by atoms with Gasteiger partial charge in [0.1, 0.15) is 23.5 Å². The van der Waals surface area contributed by atoms with Gasteiger partial charge in [-0.25, -0.2) is 0 Å². The van der Waals surface area contributed by atoms with Crippen LogP contribution in [0, 0.1) is 0 Å². The zero-order valence-corrected chi connectivity index (χ0v) is 8.90. The van der Waals surface area contributed by atoms with E-state index in [0.717, 1.165) is 11.1 Å². The standard InChI is InChI=1S/C12H12O4/c1-2-15-9-3-4-11-8(5-9)6-10(16-11)7-12(13)14/h3-6H,2,7H2,1H3,(H,13,14). The molecule has 1 aromatic carbocycles. The molecule has 0 fully saturated rings. The van der Waals surface area contributed by atoms with Gasteiger partial charge >= 0.3 is 5.97 Å². The van der Waals surface area contributed by atoms with Gasteiger partial charge in [0.2, 0.25) is 0 Å². The van der Waals surface area contributed by atoms with Gasteiger partial charge in [-0.3, -0.25) is 4.79 Å². The Kier molecular flexibility index (Phi) is 2.81. The first-order chi connectivity index (χ1) is 7.69. The average Bonchev–Trinajstić information content (AvgIpc) is 2.58. The third kappa shape index (κ3) is 2.16. The molecule has 1 heterocycles. The summed E-state index contributed by atoms with van der Waals surface area (Å²) in [5, 5.41) is 9.51. The van der Waals surface area contributed by atoms with Crippen molar-refractivity contribution in [1.82, 2.24) is 0 Å². The first kappa shape index (κ1) is 10.5. The number of furan rings is 1. The van der Waals surface area contributed by atoms with E-state index in [1.54, 1.807) is 18.2 Å². The molecule has 0 radical (unpaired) electrons. The quantitative estimate of drug-likeness (QED) is 0.859. The van der Waals surface area contributed by atoms with Crippen molar-refractivity contribution in [2.75, 3.05) is 6.61 Å². The van der Waals surface area contributed by atoms with E-state index in [4.69, 9.17) is 14.3 Å². The van der Waals surface area contributed by atoms with Gasteiger partial charge in [0.05, 0.1) is 6.61 Å². The van der Waals surface area contributed by atoms with E-state index < -0.39 is 5.97 Å². The van der Waals surface area contributed by atoms with Gasteiger partial charge in [0.15, 0.2) is 0 Å². The number of fused-ring (bicyclic) bond motifs is 1. The molecule has 84 valence electrons. The molecule has 2 aromatic rings. The molecule has 4 heteroatoms. The van der Waals surface area contributed by atoms with Crippen molar-refractivity contribution in [3.8, 4) is 5.75 Å². The summed E-state index contributed by atoms with van der Waals surface area (Å²) in [5.74, 6) is 0.318. The molecule has 2 rings (SSSR count). The van der Waals surface area contributed by atoms with Crippen molar-refractivity contribution in [3.63, 3.8) is 0 Å². The summed E-state index contributed by atoms with van der Waals surface area (Å²) in [6.45, 7) is 2.51. The van der Waals surface area contributed by atoms with Gasteiger partial charge in [-0.2, -0.15) is 0 Å². The van der Waals surface area contributed by atoms with Crippen molar-refractivity contribution in [1.29, 1.82) is 0 Å². The number of hydrogen-bond donors (Lipinski definition) is 1. The maximum Gasteiger partial charge on any atom is 0.311 e. The molecule has 0 saturated carbocycles. The number of carbonyl (C=O) groups is 1. The highest BCUT2D eigenvalue weighted by Crippen LogP contribution is 2.24. The minimum Gasteiger partial charge on any atom is -0.494 e. The highest BCUT2D eigenvalue weighted by atomic mass is 16.5.